The van der Waals surface area contributed by atoms with Crippen molar-refractivity contribution in [3.8, 4) is 0 Å². The lowest BCUT2D eigenvalue weighted by atomic mass is 10.2. The van der Waals surface area contributed by atoms with Crippen molar-refractivity contribution in [1.82, 2.24) is 10.3 Å². The molecule has 5 heteroatoms. The highest BCUT2D eigenvalue weighted by Gasteiger charge is 2.29. The predicted octanol–water partition coefficient (Wildman–Crippen LogP) is 1.33. The van der Waals surface area contributed by atoms with E-state index < -0.39 is 0 Å². The average Bonchev–Trinajstić information content (AvgIpc) is 3.30. The molecular weight excluding hydrogens is 254 g/mol. The first kappa shape index (κ1) is 13.4. The summed E-state index contributed by atoms with van der Waals surface area (Å²) in [5.74, 6) is 1.42. The van der Waals surface area contributed by atoms with E-state index in [0.29, 0.717) is 6.54 Å². The van der Waals surface area contributed by atoms with Crippen LogP contribution in [0.25, 0.3) is 0 Å². The zero-order valence-electron chi connectivity index (χ0n) is 11.8. The van der Waals surface area contributed by atoms with E-state index in [-0.39, 0.29) is 17.9 Å². The van der Waals surface area contributed by atoms with Crippen LogP contribution < -0.4 is 10.2 Å². The fourth-order valence-corrected chi connectivity index (χ4v) is 2.41. The fraction of sp³-hybridized carbons (Fsp3) is 0.600. The first-order chi connectivity index (χ1) is 9.72. The van der Waals surface area contributed by atoms with E-state index in [0.717, 1.165) is 43.9 Å². The van der Waals surface area contributed by atoms with Gasteiger partial charge in [0.05, 0.1) is 12.7 Å². The van der Waals surface area contributed by atoms with Crippen molar-refractivity contribution in [3.63, 3.8) is 0 Å². The number of pyridine rings is 1. The number of rotatable bonds is 4. The van der Waals surface area contributed by atoms with Crippen LogP contribution in [0.2, 0.25) is 0 Å². The molecule has 2 fully saturated rings. The second kappa shape index (κ2) is 5.79. The second-order valence-electron chi connectivity index (χ2n) is 5.64. The number of morpholine rings is 1. The standard InChI is InChI=1S/C15H21N3O2/c1-11-10-18(6-7-20-11)14-5-2-12(8-16-14)9-17-15(19)13-3-4-13/h2,5,8,11,13H,3-4,6-7,9-10H2,1H3,(H,17,19). The van der Waals surface area contributed by atoms with Crippen LogP contribution >= 0.6 is 0 Å². The lowest BCUT2D eigenvalue weighted by molar-refractivity contribution is -0.122. The number of ether oxygens (including phenoxy) is 1. The quantitative estimate of drug-likeness (QED) is 0.901. The van der Waals surface area contributed by atoms with E-state index in [4.69, 9.17) is 4.74 Å². The summed E-state index contributed by atoms with van der Waals surface area (Å²) in [6.07, 6.45) is 4.18. The Kier molecular flexibility index (Phi) is 3.87. The van der Waals surface area contributed by atoms with Gasteiger partial charge in [-0.3, -0.25) is 4.79 Å². The Morgan fingerprint density at radius 2 is 2.35 bits per heavy atom. The van der Waals surface area contributed by atoms with Crippen molar-refractivity contribution >= 4 is 11.7 Å². The number of carbonyl (C=O) groups excluding carboxylic acids is 1. The highest BCUT2D eigenvalue weighted by atomic mass is 16.5. The molecule has 0 radical (unpaired) electrons. The van der Waals surface area contributed by atoms with Crippen LogP contribution in [0.3, 0.4) is 0 Å². The summed E-state index contributed by atoms with van der Waals surface area (Å²) >= 11 is 0. The number of nitrogens with one attached hydrogen (secondary N) is 1. The molecule has 1 saturated carbocycles. The van der Waals surface area contributed by atoms with Crippen LogP contribution in [0, 0.1) is 5.92 Å². The van der Waals surface area contributed by atoms with Gasteiger partial charge in [0, 0.05) is 31.7 Å². The van der Waals surface area contributed by atoms with Crippen molar-refractivity contribution in [2.45, 2.75) is 32.4 Å². The Labute approximate surface area is 119 Å². The van der Waals surface area contributed by atoms with E-state index >= 15 is 0 Å². The van der Waals surface area contributed by atoms with Gasteiger partial charge in [0.2, 0.25) is 5.91 Å². The van der Waals surface area contributed by atoms with Gasteiger partial charge in [0.25, 0.3) is 0 Å². The number of anilines is 1. The topological polar surface area (TPSA) is 54.5 Å². The van der Waals surface area contributed by atoms with E-state index in [9.17, 15) is 4.79 Å². The van der Waals surface area contributed by atoms with Crippen LogP contribution in [-0.2, 0) is 16.1 Å². The van der Waals surface area contributed by atoms with E-state index in [1.807, 2.05) is 18.3 Å². The first-order valence-electron chi connectivity index (χ1n) is 7.31. The fourth-order valence-electron chi connectivity index (χ4n) is 2.41. The van der Waals surface area contributed by atoms with Gasteiger partial charge in [-0.1, -0.05) is 6.07 Å². The molecule has 0 aromatic carbocycles. The molecule has 1 aromatic rings. The number of carbonyl (C=O) groups is 1. The molecule has 0 spiro atoms. The van der Waals surface area contributed by atoms with Crippen molar-refractivity contribution in [3.05, 3.63) is 23.9 Å². The zero-order chi connectivity index (χ0) is 13.9. The Balaban J connectivity index is 1.55. The maximum absolute atomic E-state index is 11.6. The smallest absolute Gasteiger partial charge is 0.223 e. The Morgan fingerprint density at radius 1 is 1.50 bits per heavy atom. The summed E-state index contributed by atoms with van der Waals surface area (Å²) in [5, 5.41) is 2.95. The van der Waals surface area contributed by atoms with Crippen LogP contribution in [0.4, 0.5) is 5.82 Å². The van der Waals surface area contributed by atoms with E-state index in [2.05, 4.69) is 22.1 Å². The molecule has 0 bridgehead atoms. The molecule has 3 rings (SSSR count). The number of hydrogen-bond donors (Lipinski definition) is 1. The second-order valence-corrected chi connectivity index (χ2v) is 5.64. The molecule has 20 heavy (non-hydrogen) atoms. The van der Waals surface area contributed by atoms with Crippen LogP contribution in [0.15, 0.2) is 18.3 Å². The van der Waals surface area contributed by atoms with Gasteiger partial charge in [-0.2, -0.15) is 0 Å². The third kappa shape index (κ3) is 3.28. The minimum atomic E-state index is 0.177. The number of hydrogen-bond acceptors (Lipinski definition) is 4. The SMILES string of the molecule is CC1CN(c2ccc(CNC(=O)C3CC3)cn2)CCO1. The molecule has 1 atom stereocenters. The number of aromatic nitrogens is 1. The van der Waals surface area contributed by atoms with Gasteiger partial charge in [-0.05, 0) is 31.4 Å². The molecule has 2 heterocycles. The molecular formula is C15H21N3O2. The average molecular weight is 275 g/mol. The molecule has 1 aliphatic heterocycles. The van der Waals surface area contributed by atoms with Gasteiger partial charge in [-0.25, -0.2) is 4.98 Å². The van der Waals surface area contributed by atoms with Gasteiger partial charge < -0.3 is 15.0 Å². The summed E-state index contributed by atoms with van der Waals surface area (Å²) in [7, 11) is 0. The van der Waals surface area contributed by atoms with Crippen LogP contribution in [0.5, 0.6) is 0 Å². The maximum atomic E-state index is 11.6. The third-order valence-electron chi connectivity index (χ3n) is 3.79. The maximum Gasteiger partial charge on any atom is 0.223 e. The van der Waals surface area contributed by atoms with Gasteiger partial charge in [-0.15, -0.1) is 0 Å². The molecule has 1 unspecified atom stereocenters. The molecule has 1 N–H and O–H groups in total. The summed E-state index contributed by atoms with van der Waals surface area (Å²) in [6, 6.07) is 4.06. The lowest BCUT2D eigenvalue weighted by Crippen LogP contribution is -2.41. The monoisotopic (exact) mass is 275 g/mol. The van der Waals surface area contributed by atoms with Gasteiger partial charge in [0.1, 0.15) is 5.82 Å². The Bertz CT molecular complexity index is 471. The van der Waals surface area contributed by atoms with Gasteiger partial charge >= 0.3 is 0 Å². The summed E-state index contributed by atoms with van der Waals surface area (Å²) in [4.78, 5) is 18.3. The molecule has 108 valence electrons. The summed E-state index contributed by atoms with van der Waals surface area (Å²) in [6.45, 7) is 5.16. The van der Waals surface area contributed by atoms with Crippen LogP contribution in [0.1, 0.15) is 25.3 Å². The Morgan fingerprint density at radius 3 is 3.00 bits per heavy atom. The highest BCUT2D eigenvalue weighted by Crippen LogP contribution is 2.28. The first-order valence-corrected chi connectivity index (χ1v) is 7.31. The van der Waals surface area contributed by atoms with Crippen molar-refractivity contribution in [1.29, 1.82) is 0 Å². The minimum Gasteiger partial charge on any atom is -0.375 e. The highest BCUT2D eigenvalue weighted by molar-refractivity contribution is 5.80. The molecule has 1 aliphatic carbocycles. The minimum absolute atomic E-state index is 0.177. The summed E-state index contributed by atoms with van der Waals surface area (Å²) < 4.78 is 5.53. The lowest BCUT2D eigenvalue weighted by Gasteiger charge is -2.32. The molecule has 1 aromatic heterocycles. The van der Waals surface area contributed by atoms with Crippen molar-refractivity contribution in [2.24, 2.45) is 5.92 Å². The Hall–Kier alpha value is -1.62. The molecule has 1 amide bonds. The normalized spacial score (nSPS) is 22.6. The molecule has 5 nitrogen and oxygen atoms in total. The number of amides is 1. The van der Waals surface area contributed by atoms with E-state index in [1.54, 1.807) is 0 Å². The molecule has 2 aliphatic rings. The predicted molar refractivity (Wildman–Crippen MR) is 76.4 cm³/mol. The van der Waals surface area contributed by atoms with Crippen LogP contribution in [-0.4, -0.2) is 36.7 Å². The summed E-state index contributed by atoms with van der Waals surface area (Å²) in [5.41, 5.74) is 1.05. The zero-order valence-corrected chi connectivity index (χ0v) is 11.8. The van der Waals surface area contributed by atoms with Gasteiger partial charge in [0.15, 0.2) is 0 Å². The molecule has 1 saturated heterocycles. The van der Waals surface area contributed by atoms with E-state index in [1.165, 1.54) is 0 Å². The van der Waals surface area contributed by atoms with Crippen molar-refractivity contribution < 1.29 is 9.53 Å². The largest absolute Gasteiger partial charge is 0.375 e. The third-order valence-corrected chi connectivity index (χ3v) is 3.79. The van der Waals surface area contributed by atoms with Crippen molar-refractivity contribution in [2.75, 3.05) is 24.6 Å². The number of nitrogens with zero attached hydrogens (tertiary/aromatic N) is 2.